The lowest BCUT2D eigenvalue weighted by Crippen LogP contribution is -2.54. The molecule has 3 rings (SSSR count). The van der Waals surface area contributed by atoms with E-state index in [0.717, 1.165) is 5.82 Å². The number of piperazine rings is 1. The summed E-state index contributed by atoms with van der Waals surface area (Å²) in [7, 11) is 0. The Morgan fingerprint density at radius 3 is 2.57 bits per heavy atom. The fraction of sp³-hybridized carbons (Fsp3) is 0.316. The topological polar surface area (TPSA) is 77.6 Å². The first kappa shape index (κ1) is 19.9. The maximum Gasteiger partial charge on any atom is 0.318 e. The van der Waals surface area contributed by atoms with E-state index >= 15 is 0 Å². The minimum atomic E-state index is -0.759. The average Bonchev–Trinajstić information content (AvgIpc) is 2.71. The largest absolute Gasteiger partial charge is 0.353 e. The fourth-order valence-electron chi connectivity index (χ4n) is 2.85. The maximum absolute atomic E-state index is 13.2. The number of benzene rings is 1. The molecule has 0 spiro atoms. The van der Waals surface area contributed by atoms with Crippen LogP contribution < -0.4 is 15.5 Å². The molecule has 9 heteroatoms. The third-order valence-electron chi connectivity index (χ3n) is 4.46. The van der Waals surface area contributed by atoms with Gasteiger partial charge in [-0.25, -0.2) is 14.2 Å². The Morgan fingerprint density at radius 1 is 1.18 bits per heavy atom. The Hall–Kier alpha value is -2.87. The van der Waals surface area contributed by atoms with E-state index in [1.807, 2.05) is 18.2 Å². The zero-order valence-electron chi connectivity index (χ0n) is 15.4. The Morgan fingerprint density at radius 2 is 1.93 bits per heavy atom. The average molecular weight is 406 g/mol. The van der Waals surface area contributed by atoms with E-state index in [9.17, 15) is 14.0 Å². The van der Waals surface area contributed by atoms with Crippen LogP contribution in [0.5, 0.6) is 0 Å². The number of aromatic nitrogens is 1. The number of carbonyl (C=O) groups is 2. The molecule has 0 aliphatic carbocycles. The van der Waals surface area contributed by atoms with Crippen LogP contribution in [0.2, 0.25) is 5.02 Å². The molecule has 0 bridgehead atoms. The molecule has 1 aliphatic rings. The van der Waals surface area contributed by atoms with Crippen molar-refractivity contribution in [2.45, 2.75) is 13.0 Å². The minimum Gasteiger partial charge on any atom is -0.353 e. The third kappa shape index (κ3) is 4.89. The molecule has 1 fully saturated rings. The van der Waals surface area contributed by atoms with Gasteiger partial charge in [-0.1, -0.05) is 17.7 Å². The summed E-state index contributed by atoms with van der Waals surface area (Å²) >= 11 is 5.71. The van der Waals surface area contributed by atoms with Crippen molar-refractivity contribution in [1.29, 1.82) is 0 Å². The highest BCUT2D eigenvalue weighted by molar-refractivity contribution is 6.31. The van der Waals surface area contributed by atoms with Crippen molar-refractivity contribution in [1.82, 2.24) is 15.2 Å². The van der Waals surface area contributed by atoms with Gasteiger partial charge in [0.05, 0.1) is 5.02 Å². The molecule has 1 aromatic carbocycles. The standard InChI is InChI=1S/C19H21ClFN5O2/c1-13(18(27)24-14-5-6-16(21)15(20)12-14)23-19(28)26-10-8-25(9-11-26)17-4-2-3-7-22-17/h2-7,12-13H,8-11H2,1H3,(H,23,28)(H,24,27). The molecule has 1 aromatic heterocycles. The first-order chi connectivity index (χ1) is 13.4. The van der Waals surface area contributed by atoms with Gasteiger partial charge < -0.3 is 20.4 Å². The summed E-state index contributed by atoms with van der Waals surface area (Å²) in [6.45, 7) is 3.98. The highest BCUT2D eigenvalue weighted by Crippen LogP contribution is 2.19. The lowest BCUT2D eigenvalue weighted by molar-refractivity contribution is -0.117. The lowest BCUT2D eigenvalue weighted by Gasteiger charge is -2.35. The van der Waals surface area contributed by atoms with Crippen molar-refractivity contribution >= 4 is 35.0 Å². The highest BCUT2D eigenvalue weighted by Gasteiger charge is 2.24. The number of carbonyl (C=O) groups excluding carboxylic acids is 2. The molecule has 148 valence electrons. The van der Waals surface area contributed by atoms with Crippen LogP contribution in [0.4, 0.5) is 20.7 Å². The van der Waals surface area contributed by atoms with Crippen LogP contribution in [0.3, 0.4) is 0 Å². The van der Waals surface area contributed by atoms with Crippen molar-refractivity contribution in [3.8, 4) is 0 Å². The number of halogens is 2. The molecule has 1 unspecified atom stereocenters. The number of hydrogen-bond donors (Lipinski definition) is 2. The second-order valence-corrected chi connectivity index (χ2v) is 6.86. The Bertz CT molecular complexity index is 843. The lowest BCUT2D eigenvalue weighted by atomic mass is 10.2. The Kier molecular flexibility index (Phi) is 6.30. The summed E-state index contributed by atoms with van der Waals surface area (Å²) in [4.78, 5) is 32.8. The van der Waals surface area contributed by atoms with Crippen LogP contribution in [0.25, 0.3) is 0 Å². The van der Waals surface area contributed by atoms with Crippen molar-refractivity contribution in [2.75, 3.05) is 36.4 Å². The van der Waals surface area contributed by atoms with Crippen molar-refractivity contribution in [2.24, 2.45) is 0 Å². The van der Waals surface area contributed by atoms with Gasteiger partial charge in [0, 0.05) is 38.1 Å². The SMILES string of the molecule is CC(NC(=O)N1CCN(c2ccccn2)CC1)C(=O)Nc1ccc(F)c(Cl)c1. The van der Waals surface area contributed by atoms with Crippen molar-refractivity contribution in [3.05, 3.63) is 53.4 Å². The molecule has 28 heavy (non-hydrogen) atoms. The molecule has 0 saturated carbocycles. The first-order valence-electron chi connectivity index (χ1n) is 8.91. The maximum atomic E-state index is 13.2. The summed E-state index contributed by atoms with van der Waals surface area (Å²) in [6, 6.07) is 8.55. The Labute approximate surface area is 167 Å². The van der Waals surface area contributed by atoms with E-state index in [2.05, 4.69) is 20.5 Å². The number of rotatable bonds is 4. The monoisotopic (exact) mass is 405 g/mol. The van der Waals surface area contributed by atoms with Crippen molar-refractivity contribution < 1.29 is 14.0 Å². The van der Waals surface area contributed by atoms with Crippen LogP contribution in [0, 0.1) is 5.82 Å². The fourth-order valence-corrected chi connectivity index (χ4v) is 3.03. The third-order valence-corrected chi connectivity index (χ3v) is 4.75. The van der Waals surface area contributed by atoms with Crippen LogP contribution in [-0.2, 0) is 4.79 Å². The van der Waals surface area contributed by atoms with Gasteiger partial charge in [0.1, 0.15) is 17.7 Å². The van der Waals surface area contributed by atoms with Crippen LogP contribution in [-0.4, -0.2) is 54.0 Å². The number of hydrogen-bond acceptors (Lipinski definition) is 4. The summed E-state index contributed by atoms with van der Waals surface area (Å²) in [6.07, 6.45) is 1.74. The molecule has 7 nitrogen and oxygen atoms in total. The molecule has 2 aromatic rings. The summed E-state index contributed by atoms with van der Waals surface area (Å²) in [5.74, 6) is -0.0951. The van der Waals surface area contributed by atoms with Gasteiger partial charge in [-0.3, -0.25) is 4.79 Å². The van der Waals surface area contributed by atoms with Crippen LogP contribution in [0.15, 0.2) is 42.6 Å². The molecule has 3 amide bonds. The molecule has 1 saturated heterocycles. The first-order valence-corrected chi connectivity index (χ1v) is 9.29. The summed E-state index contributed by atoms with van der Waals surface area (Å²) in [5.41, 5.74) is 0.362. The van der Waals surface area contributed by atoms with E-state index in [1.165, 1.54) is 18.2 Å². The zero-order chi connectivity index (χ0) is 20.1. The summed E-state index contributed by atoms with van der Waals surface area (Å²) in [5, 5.41) is 5.21. The number of amides is 3. The molecule has 1 aliphatic heterocycles. The Balaban J connectivity index is 1.48. The predicted octanol–water partition coefficient (Wildman–Crippen LogP) is 2.73. The molecule has 0 radical (unpaired) electrons. The smallest absolute Gasteiger partial charge is 0.318 e. The highest BCUT2D eigenvalue weighted by atomic mass is 35.5. The number of nitrogens with zero attached hydrogens (tertiary/aromatic N) is 3. The second kappa shape index (κ2) is 8.88. The number of pyridine rings is 1. The van der Waals surface area contributed by atoms with E-state index in [-0.39, 0.29) is 11.1 Å². The molecular formula is C19H21ClFN5O2. The van der Waals surface area contributed by atoms with Crippen LogP contribution in [0.1, 0.15) is 6.92 Å². The number of nitrogens with one attached hydrogen (secondary N) is 2. The van der Waals surface area contributed by atoms with E-state index in [4.69, 9.17) is 11.6 Å². The number of urea groups is 1. The van der Waals surface area contributed by atoms with Gasteiger partial charge in [-0.15, -0.1) is 0 Å². The van der Waals surface area contributed by atoms with Gasteiger partial charge in [0.15, 0.2) is 0 Å². The zero-order valence-corrected chi connectivity index (χ0v) is 16.1. The number of anilines is 2. The second-order valence-electron chi connectivity index (χ2n) is 6.45. The van der Waals surface area contributed by atoms with Gasteiger partial charge in [0.2, 0.25) is 5.91 Å². The minimum absolute atomic E-state index is 0.0831. The van der Waals surface area contributed by atoms with Gasteiger partial charge in [0.25, 0.3) is 0 Å². The van der Waals surface area contributed by atoms with Gasteiger partial charge in [-0.05, 0) is 37.3 Å². The normalized spacial score (nSPS) is 15.1. The van der Waals surface area contributed by atoms with E-state index < -0.39 is 17.8 Å². The van der Waals surface area contributed by atoms with Crippen molar-refractivity contribution in [3.63, 3.8) is 0 Å². The summed E-state index contributed by atoms with van der Waals surface area (Å²) < 4.78 is 13.2. The molecular weight excluding hydrogens is 385 g/mol. The predicted molar refractivity (Wildman–Crippen MR) is 106 cm³/mol. The quantitative estimate of drug-likeness (QED) is 0.820. The molecule has 1 atom stereocenters. The van der Waals surface area contributed by atoms with Gasteiger partial charge in [-0.2, -0.15) is 0 Å². The van der Waals surface area contributed by atoms with E-state index in [0.29, 0.717) is 31.9 Å². The van der Waals surface area contributed by atoms with E-state index in [1.54, 1.807) is 18.0 Å². The van der Waals surface area contributed by atoms with Gasteiger partial charge >= 0.3 is 6.03 Å². The van der Waals surface area contributed by atoms with Crippen LogP contribution >= 0.6 is 11.6 Å². The molecule has 2 heterocycles. The molecule has 2 N–H and O–H groups in total.